The van der Waals surface area contributed by atoms with Gasteiger partial charge < -0.3 is 28.2 Å². The molecule has 0 heterocycles. The summed E-state index contributed by atoms with van der Waals surface area (Å²) in [6, 6.07) is 74.0. The van der Waals surface area contributed by atoms with Gasteiger partial charge in [0, 0.05) is 11.8 Å². The molecule has 0 aliphatic carbocycles. The Kier molecular flexibility index (Phi) is 21.2. The fourth-order valence-electron chi connectivity index (χ4n) is 5.43. The Morgan fingerprint density at radius 3 is 1.03 bits per heavy atom. The van der Waals surface area contributed by atoms with Crippen LogP contribution in [0, 0.1) is 0 Å². The first kappa shape index (κ1) is 45.7. The molecule has 0 saturated carbocycles. The molecule has 0 spiro atoms. The van der Waals surface area contributed by atoms with E-state index in [9.17, 15) is 4.79 Å². The first-order chi connectivity index (χ1) is 28.5. The van der Waals surface area contributed by atoms with Crippen molar-refractivity contribution in [2.45, 2.75) is 6.92 Å². The van der Waals surface area contributed by atoms with Gasteiger partial charge in [-0.3, -0.25) is 4.99 Å². The molecule has 0 radical (unpaired) electrons. The molecule has 5 nitrogen and oxygen atoms in total. The van der Waals surface area contributed by atoms with Crippen LogP contribution in [-0.2, 0) is 39.5 Å². The number of halogens is 1. The zero-order valence-corrected chi connectivity index (χ0v) is 37.2. The van der Waals surface area contributed by atoms with E-state index in [0.717, 1.165) is 5.69 Å². The van der Waals surface area contributed by atoms with Gasteiger partial charge in [-0.1, -0.05) is 200 Å². The molecular formula is C48H44ClN3O2P2RuS. The van der Waals surface area contributed by atoms with E-state index in [2.05, 4.69) is 212 Å². The second-order valence-electron chi connectivity index (χ2n) is 12.0. The van der Waals surface area contributed by atoms with E-state index >= 15 is 0 Å². The van der Waals surface area contributed by atoms with Gasteiger partial charge in [0.15, 0.2) is 0 Å². The van der Waals surface area contributed by atoms with Crippen LogP contribution in [-0.4, -0.2) is 18.2 Å². The molecule has 7 aromatic carbocycles. The Morgan fingerprint density at radius 1 is 0.517 bits per heavy atom. The normalized spacial score (nSPS) is 10.7. The molecule has 0 fully saturated rings. The molecule has 0 aliphatic heterocycles. The number of amidine groups is 1. The van der Waals surface area contributed by atoms with Crippen molar-refractivity contribution in [3.63, 3.8) is 0 Å². The molecular weight excluding hydrogens is 881 g/mol. The van der Waals surface area contributed by atoms with Crippen LogP contribution < -0.4 is 42.7 Å². The standard InChI is InChI=1S/2C18H15P.C12H15N3O2S.ClH.Ru/c2*1-4-10-16(11-5-1)19(17-12-6-2-7-13-17)18-14-8-3-9-15-18;1-9(8-11(16)17-2)14-15-12(18)13-10-6-4-3-5-7-10;;/h2*1-15H;3-8,14H,1-2H3,(H2,13,15,18);1H;/q;;;;+2/p-2/b;;9-8-;;. The first-order valence-corrected chi connectivity index (χ1v) is 23.5. The van der Waals surface area contributed by atoms with Crippen molar-refractivity contribution < 1.29 is 26.8 Å². The summed E-state index contributed by atoms with van der Waals surface area (Å²) in [5.41, 5.74) is 6.77. The SMILES string of the molecule is COC(=O)/C=C(/C)NNC([S-])=Nc1ccccc1.[Cl][Ru+].c1ccc(P(c2ccccc2)c2ccccc2)cc1.c1ccc(P(c2ccccc2)c2ccccc2)cc1. The largest absolute Gasteiger partial charge is 0.0622 e. The van der Waals surface area contributed by atoms with Gasteiger partial charge in [0.1, 0.15) is 0 Å². The maximum absolute atomic E-state index is 10.9. The molecule has 7 rings (SSSR count). The Hall–Kier alpha value is -4.99. The average molecular weight is 925 g/mol. The van der Waals surface area contributed by atoms with Crippen LogP contribution >= 0.6 is 25.5 Å². The Morgan fingerprint density at radius 2 is 0.776 bits per heavy atom. The van der Waals surface area contributed by atoms with Crippen LogP contribution in [0.5, 0.6) is 0 Å². The Balaban J connectivity index is 0.000000188. The van der Waals surface area contributed by atoms with E-state index in [1.165, 1.54) is 45.0 Å². The molecule has 0 bridgehead atoms. The minimum atomic E-state index is -0.446. The quantitative estimate of drug-likeness (QED) is 0.0210. The van der Waals surface area contributed by atoms with Crippen molar-refractivity contribution in [1.29, 1.82) is 0 Å². The van der Waals surface area contributed by atoms with Crippen LogP contribution in [0.3, 0.4) is 0 Å². The molecule has 0 unspecified atom stereocenters. The number of nitrogens with zero attached hydrogens (tertiary/aromatic N) is 1. The van der Waals surface area contributed by atoms with Gasteiger partial charge in [0.05, 0.1) is 12.8 Å². The van der Waals surface area contributed by atoms with Crippen molar-refractivity contribution in [2.24, 2.45) is 4.99 Å². The first-order valence-electron chi connectivity index (χ1n) is 18.1. The number of carbonyl (C=O) groups excluding carboxylic acids is 1. The predicted molar refractivity (Wildman–Crippen MR) is 249 cm³/mol. The number of hydrogen-bond donors (Lipinski definition) is 2. The number of allylic oxidation sites excluding steroid dienone is 1. The molecule has 2 N–H and O–H groups in total. The third-order valence-electron chi connectivity index (χ3n) is 7.98. The third kappa shape index (κ3) is 15.7. The third-order valence-corrected chi connectivity index (χ3v) is 13.1. The number of para-hydroxylation sites is 1. The fourth-order valence-corrected chi connectivity index (χ4v) is 10.2. The minimum absolute atomic E-state index is 0.277. The fraction of sp³-hybridized carbons (Fsp3) is 0.0417. The topological polar surface area (TPSA) is 62.7 Å². The number of aliphatic imine (C=N–C) groups is 1. The second kappa shape index (κ2) is 26.8. The maximum Gasteiger partial charge on any atom is -0.0134 e. The zero-order chi connectivity index (χ0) is 41.2. The van der Waals surface area contributed by atoms with Gasteiger partial charge in [-0.25, -0.2) is 4.79 Å². The number of benzene rings is 7. The van der Waals surface area contributed by atoms with E-state index in [4.69, 9.17) is 12.6 Å². The van der Waals surface area contributed by atoms with Crippen molar-refractivity contribution in [3.05, 3.63) is 224 Å². The number of ether oxygens (including phenoxy) is 1. The summed E-state index contributed by atoms with van der Waals surface area (Å²) in [4.78, 5) is 15.1. The second-order valence-corrected chi connectivity index (χ2v) is 16.9. The van der Waals surface area contributed by atoms with Gasteiger partial charge in [-0.05, 0) is 71.9 Å². The number of hydrazine groups is 1. The van der Waals surface area contributed by atoms with E-state index in [1.54, 1.807) is 6.92 Å². The predicted octanol–water partition coefficient (Wildman–Crippen LogP) is 8.97. The summed E-state index contributed by atoms with van der Waals surface area (Å²) >= 11 is 6.83. The number of nitrogens with one attached hydrogen (secondary N) is 2. The molecule has 0 aliphatic rings. The van der Waals surface area contributed by atoms with Crippen molar-refractivity contribution in [3.8, 4) is 0 Å². The molecule has 0 aromatic heterocycles. The average Bonchev–Trinajstić information content (AvgIpc) is 3.29. The van der Waals surface area contributed by atoms with Gasteiger partial charge in [-0.2, -0.15) is 0 Å². The van der Waals surface area contributed by atoms with Crippen LogP contribution in [0.25, 0.3) is 0 Å². The summed E-state index contributed by atoms with van der Waals surface area (Å²) in [7, 11) is 4.99. The van der Waals surface area contributed by atoms with E-state index < -0.39 is 21.8 Å². The van der Waals surface area contributed by atoms with E-state index in [0.29, 0.717) is 5.70 Å². The summed E-state index contributed by atoms with van der Waals surface area (Å²) in [6.07, 6.45) is 1.30. The monoisotopic (exact) mass is 925 g/mol. The number of methoxy groups -OCH3 is 1. The van der Waals surface area contributed by atoms with Crippen LogP contribution in [0.4, 0.5) is 5.69 Å². The minimum Gasteiger partial charge on any atom is -0.0622 e. The Labute approximate surface area is 365 Å². The van der Waals surface area contributed by atoms with E-state index in [1.807, 2.05) is 47.6 Å². The van der Waals surface area contributed by atoms with Crippen LogP contribution in [0.1, 0.15) is 6.92 Å². The van der Waals surface area contributed by atoms with Gasteiger partial charge in [0.25, 0.3) is 0 Å². The molecule has 294 valence electrons. The number of carbonyl (C=O) groups is 1. The van der Waals surface area contributed by atoms with Crippen LogP contribution in [0.2, 0.25) is 0 Å². The number of hydrogen-bond acceptors (Lipinski definition) is 5. The van der Waals surface area contributed by atoms with Crippen molar-refractivity contribution in [2.75, 3.05) is 7.11 Å². The summed E-state index contributed by atoms with van der Waals surface area (Å²) in [6.45, 7) is 1.70. The summed E-state index contributed by atoms with van der Waals surface area (Å²) in [5.74, 6) is -0.437. The Bertz CT molecular complexity index is 1920. The van der Waals surface area contributed by atoms with Gasteiger partial charge in [-0.15, -0.1) is 0 Å². The molecule has 0 atom stereocenters. The summed E-state index contributed by atoms with van der Waals surface area (Å²) in [5, 5.41) is 8.67. The van der Waals surface area contributed by atoms with Crippen molar-refractivity contribution in [1.82, 2.24) is 10.9 Å². The van der Waals surface area contributed by atoms with Crippen LogP contribution in [0.15, 0.2) is 229 Å². The smallest absolute Gasteiger partial charge is 0.0134 e. The van der Waals surface area contributed by atoms with Crippen molar-refractivity contribution >= 4 is 86.8 Å². The molecule has 7 aromatic rings. The molecule has 0 saturated heterocycles. The molecule has 58 heavy (non-hydrogen) atoms. The number of esters is 1. The van der Waals surface area contributed by atoms with Gasteiger partial charge in [0.2, 0.25) is 0 Å². The molecule has 0 amide bonds. The van der Waals surface area contributed by atoms with Gasteiger partial charge >= 0.3 is 33.0 Å². The number of rotatable bonds is 10. The maximum atomic E-state index is 10.9. The zero-order valence-electron chi connectivity index (χ0n) is 32.1. The summed E-state index contributed by atoms with van der Waals surface area (Å²) < 4.78 is 4.48. The molecule has 10 heteroatoms. The van der Waals surface area contributed by atoms with E-state index in [-0.39, 0.29) is 5.17 Å².